The van der Waals surface area contributed by atoms with Crippen LogP contribution in [-0.2, 0) is 0 Å². The molecule has 0 aliphatic heterocycles. The molecule has 0 saturated carbocycles. The Morgan fingerprint density at radius 2 is 2.11 bits per heavy atom. The fourth-order valence-corrected chi connectivity index (χ4v) is 2.53. The number of hydrogen-bond donors (Lipinski definition) is 0. The first-order valence-corrected chi connectivity index (χ1v) is 7.02. The highest BCUT2D eigenvalue weighted by molar-refractivity contribution is 9.09. The Morgan fingerprint density at radius 1 is 1.44 bits per heavy atom. The van der Waals surface area contributed by atoms with E-state index in [1.807, 2.05) is 0 Å². The van der Waals surface area contributed by atoms with Crippen LogP contribution in [-0.4, -0.2) is 16.9 Å². The van der Waals surface area contributed by atoms with Crippen LogP contribution >= 0.6 is 15.9 Å². The van der Waals surface area contributed by atoms with Gasteiger partial charge in [-0.25, -0.2) is 0 Å². The van der Waals surface area contributed by atoms with Crippen molar-refractivity contribution in [2.24, 2.45) is 11.8 Å². The summed E-state index contributed by atoms with van der Waals surface area (Å²) < 4.78 is 5.62. The van der Waals surface area contributed by atoms with E-state index >= 15 is 0 Å². The van der Waals surface area contributed by atoms with E-state index in [1.165, 1.54) is 0 Å². The number of para-hydroxylation sites is 1. The van der Waals surface area contributed by atoms with Gasteiger partial charge in [-0.3, -0.25) is 10.1 Å². The first kappa shape index (κ1) is 15.0. The molecule has 0 heterocycles. The third kappa shape index (κ3) is 3.70. The number of nitrogens with zero attached hydrogens (tertiary/aromatic N) is 1. The zero-order chi connectivity index (χ0) is 13.7. The first-order valence-electron chi connectivity index (χ1n) is 5.90. The highest BCUT2D eigenvalue weighted by Crippen LogP contribution is 2.31. The summed E-state index contributed by atoms with van der Waals surface area (Å²) in [6, 6.07) is 5.14. The number of rotatable bonds is 6. The van der Waals surface area contributed by atoms with Gasteiger partial charge < -0.3 is 4.74 Å². The molecule has 0 fully saturated rings. The Morgan fingerprint density at radius 3 is 2.61 bits per heavy atom. The van der Waals surface area contributed by atoms with E-state index in [-0.39, 0.29) is 10.6 Å². The summed E-state index contributed by atoms with van der Waals surface area (Å²) in [5.41, 5.74) is 0.687. The third-order valence-corrected chi connectivity index (χ3v) is 3.81. The van der Waals surface area contributed by atoms with E-state index in [0.717, 1.165) is 5.33 Å². The summed E-state index contributed by atoms with van der Waals surface area (Å²) in [5.74, 6) is 1.16. The standard InChI is InChI=1S/C13H18BrNO3/c1-9(2)11(7-14)8-18-12-6-4-5-10(3)13(12)15(16)17/h4-6,9,11H,7-8H2,1-3H3. The molecule has 0 aliphatic rings. The Balaban J connectivity index is 2.85. The van der Waals surface area contributed by atoms with E-state index < -0.39 is 0 Å². The van der Waals surface area contributed by atoms with Crippen molar-refractivity contribution in [2.45, 2.75) is 20.8 Å². The molecule has 1 atom stereocenters. The van der Waals surface area contributed by atoms with Gasteiger partial charge in [0.2, 0.25) is 0 Å². The Kier molecular flexibility index (Phi) is 5.59. The fraction of sp³-hybridized carbons (Fsp3) is 0.538. The van der Waals surface area contributed by atoms with Gasteiger partial charge >= 0.3 is 5.69 Å². The lowest BCUT2D eigenvalue weighted by molar-refractivity contribution is -0.386. The van der Waals surface area contributed by atoms with Crippen LogP contribution in [0.25, 0.3) is 0 Å². The minimum absolute atomic E-state index is 0.0644. The van der Waals surface area contributed by atoms with Gasteiger partial charge in [0.1, 0.15) is 0 Å². The molecule has 4 nitrogen and oxygen atoms in total. The van der Waals surface area contributed by atoms with Crippen molar-refractivity contribution < 1.29 is 9.66 Å². The van der Waals surface area contributed by atoms with Crippen molar-refractivity contribution in [3.05, 3.63) is 33.9 Å². The van der Waals surface area contributed by atoms with Crippen molar-refractivity contribution in [1.29, 1.82) is 0 Å². The predicted molar refractivity (Wildman–Crippen MR) is 75.5 cm³/mol. The molecular weight excluding hydrogens is 298 g/mol. The number of aryl methyl sites for hydroxylation is 1. The molecule has 1 rings (SSSR count). The van der Waals surface area contributed by atoms with Crippen molar-refractivity contribution in [2.75, 3.05) is 11.9 Å². The van der Waals surface area contributed by atoms with Crippen LogP contribution < -0.4 is 4.74 Å². The monoisotopic (exact) mass is 315 g/mol. The Labute approximate surface area is 116 Å². The summed E-state index contributed by atoms with van der Waals surface area (Å²) in [4.78, 5) is 10.6. The van der Waals surface area contributed by atoms with E-state index in [9.17, 15) is 10.1 Å². The Bertz CT molecular complexity index is 421. The highest BCUT2D eigenvalue weighted by Gasteiger charge is 2.20. The molecule has 0 bridgehead atoms. The molecule has 0 radical (unpaired) electrons. The normalized spacial score (nSPS) is 12.5. The maximum atomic E-state index is 11.0. The lowest BCUT2D eigenvalue weighted by Gasteiger charge is -2.18. The van der Waals surface area contributed by atoms with Crippen LogP contribution in [0.1, 0.15) is 19.4 Å². The SMILES string of the molecule is Cc1cccc(OCC(CBr)C(C)C)c1[N+](=O)[O-]. The highest BCUT2D eigenvalue weighted by atomic mass is 79.9. The van der Waals surface area contributed by atoms with Crippen LogP contribution in [0.4, 0.5) is 5.69 Å². The van der Waals surface area contributed by atoms with Gasteiger partial charge in [-0.2, -0.15) is 0 Å². The van der Waals surface area contributed by atoms with Crippen molar-refractivity contribution in [1.82, 2.24) is 0 Å². The zero-order valence-corrected chi connectivity index (χ0v) is 12.4. The van der Waals surface area contributed by atoms with E-state index in [4.69, 9.17) is 4.74 Å². The summed E-state index contributed by atoms with van der Waals surface area (Å²) in [6.45, 7) is 6.42. The van der Waals surface area contributed by atoms with Gasteiger partial charge in [0.05, 0.1) is 11.5 Å². The second kappa shape index (κ2) is 6.73. The van der Waals surface area contributed by atoms with Gasteiger partial charge in [-0.15, -0.1) is 0 Å². The van der Waals surface area contributed by atoms with Gasteiger partial charge in [0.15, 0.2) is 5.75 Å². The molecular formula is C13H18BrNO3. The van der Waals surface area contributed by atoms with Gasteiger partial charge in [-0.05, 0) is 18.9 Å². The minimum atomic E-state index is -0.386. The number of halogens is 1. The molecule has 0 saturated heterocycles. The lowest BCUT2D eigenvalue weighted by atomic mass is 9.99. The van der Waals surface area contributed by atoms with Crippen LogP contribution in [0.2, 0.25) is 0 Å². The molecule has 0 aliphatic carbocycles. The van der Waals surface area contributed by atoms with E-state index in [1.54, 1.807) is 25.1 Å². The van der Waals surface area contributed by atoms with Crippen LogP contribution in [0.3, 0.4) is 0 Å². The van der Waals surface area contributed by atoms with E-state index in [0.29, 0.717) is 29.8 Å². The molecule has 0 amide bonds. The van der Waals surface area contributed by atoms with Crippen molar-refractivity contribution in [3.8, 4) is 5.75 Å². The molecule has 1 aromatic rings. The quantitative estimate of drug-likeness (QED) is 0.453. The molecule has 0 N–H and O–H groups in total. The number of alkyl halides is 1. The molecule has 0 spiro atoms. The zero-order valence-electron chi connectivity index (χ0n) is 10.9. The number of hydrogen-bond acceptors (Lipinski definition) is 3. The third-order valence-electron chi connectivity index (χ3n) is 2.98. The topological polar surface area (TPSA) is 52.4 Å². The molecule has 0 aromatic heterocycles. The molecule has 1 aromatic carbocycles. The predicted octanol–water partition coefficient (Wildman–Crippen LogP) is 3.95. The molecule has 1 unspecified atom stereocenters. The number of ether oxygens (including phenoxy) is 1. The molecule has 5 heteroatoms. The van der Waals surface area contributed by atoms with Crippen LogP contribution in [0, 0.1) is 28.9 Å². The average molecular weight is 316 g/mol. The van der Waals surface area contributed by atoms with E-state index in [2.05, 4.69) is 29.8 Å². The Hall–Kier alpha value is -1.10. The second-order valence-electron chi connectivity index (χ2n) is 4.65. The number of nitro groups is 1. The fourth-order valence-electron chi connectivity index (χ4n) is 1.59. The number of benzene rings is 1. The lowest BCUT2D eigenvalue weighted by Crippen LogP contribution is -2.19. The van der Waals surface area contributed by atoms with Crippen LogP contribution in [0.5, 0.6) is 5.75 Å². The van der Waals surface area contributed by atoms with Gasteiger partial charge in [-0.1, -0.05) is 41.9 Å². The first-order chi connectivity index (χ1) is 8.47. The largest absolute Gasteiger partial charge is 0.486 e. The van der Waals surface area contributed by atoms with Crippen molar-refractivity contribution >= 4 is 21.6 Å². The van der Waals surface area contributed by atoms with Crippen LogP contribution in [0.15, 0.2) is 18.2 Å². The van der Waals surface area contributed by atoms with Crippen molar-refractivity contribution in [3.63, 3.8) is 0 Å². The molecule has 100 valence electrons. The van der Waals surface area contributed by atoms with Gasteiger partial charge in [0, 0.05) is 16.8 Å². The minimum Gasteiger partial charge on any atom is -0.486 e. The summed E-state index contributed by atoms with van der Waals surface area (Å²) in [7, 11) is 0. The summed E-state index contributed by atoms with van der Waals surface area (Å²) >= 11 is 3.44. The molecule has 18 heavy (non-hydrogen) atoms. The summed E-state index contributed by atoms with van der Waals surface area (Å²) in [5, 5.41) is 11.8. The maximum absolute atomic E-state index is 11.0. The average Bonchev–Trinajstić information content (AvgIpc) is 2.28. The second-order valence-corrected chi connectivity index (χ2v) is 5.30. The maximum Gasteiger partial charge on any atom is 0.313 e. The number of nitro benzene ring substituents is 1. The smallest absolute Gasteiger partial charge is 0.313 e. The van der Waals surface area contributed by atoms with Gasteiger partial charge in [0.25, 0.3) is 0 Å². The summed E-state index contributed by atoms with van der Waals surface area (Å²) in [6.07, 6.45) is 0.